The van der Waals surface area contributed by atoms with Crippen LogP contribution >= 0.6 is 0 Å². The molecule has 1 amide bonds. The number of amides is 1. The van der Waals surface area contributed by atoms with E-state index in [-0.39, 0.29) is 24.0 Å². The average Bonchev–Trinajstić information content (AvgIpc) is 3.35. The number of hydrogen-bond acceptors (Lipinski definition) is 6. The van der Waals surface area contributed by atoms with Crippen LogP contribution in [0, 0.1) is 5.82 Å². The van der Waals surface area contributed by atoms with Gasteiger partial charge in [-0.25, -0.2) is 4.39 Å². The number of nitrogens with one attached hydrogen (secondary N) is 1. The van der Waals surface area contributed by atoms with Gasteiger partial charge in [0, 0.05) is 32.9 Å². The minimum Gasteiger partial charge on any atom is -0.388 e. The molecule has 0 radical (unpaired) electrons. The highest BCUT2D eigenvalue weighted by Gasteiger charge is 2.38. The summed E-state index contributed by atoms with van der Waals surface area (Å²) >= 11 is 0. The first-order chi connectivity index (χ1) is 13.5. The zero-order chi connectivity index (χ0) is 19.7. The lowest BCUT2D eigenvalue weighted by molar-refractivity contribution is -0.116. The molecular weight excluding hydrogens is 361 g/mol. The van der Waals surface area contributed by atoms with Gasteiger partial charge in [0.2, 0.25) is 0 Å². The van der Waals surface area contributed by atoms with Crippen LogP contribution in [0.3, 0.4) is 0 Å². The fraction of sp³-hybridized carbons (Fsp3) is 0.250. The molecule has 2 aliphatic heterocycles. The normalized spacial score (nSPS) is 20.9. The molecule has 1 aromatic carbocycles. The molecule has 4 rings (SSSR count). The van der Waals surface area contributed by atoms with Gasteiger partial charge >= 0.3 is 0 Å². The minimum atomic E-state index is -0.290. The van der Waals surface area contributed by atoms with E-state index in [1.165, 1.54) is 12.1 Å². The molecule has 28 heavy (non-hydrogen) atoms. The number of anilines is 1. The van der Waals surface area contributed by atoms with Crippen molar-refractivity contribution in [3.05, 3.63) is 72.1 Å². The highest BCUT2D eigenvalue weighted by molar-refractivity contribution is 6.05. The predicted octanol–water partition coefficient (Wildman–Crippen LogP) is 2.08. The lowest BCUT2D eigenvalue weighted by Crippen LogP contribution is -2.46. The first-order valence-corrected chi connectivity index (χ1v) is 8.90. The standard InChI is InChI=1S/C20H20FN5O2/c1-25(15-4-3-9-22-11-15)20(27)17-12-23-19(26(17)2)18-10-16(24-28-18)13-5-7-14(21)8-6-13/h3-9,11-12,18-19,23H,10H2,1-2H3. The summed E-state index contributed by atoms with van der Waals surface area (Å²) in [6, 6.07) is 9.78. The second kappa shape index (κ2) is 7.30. The van der Waals surface area contributed by atoms with Crippen LogP contribution in [0.1, 0.15) is 12.0 Å². The Kier molecular flexibility index (Phi) is 4.68. The highest BCUT2D eigenvalue weighted by atomic mass is 19.1. The fourth-order valence-corrected chi connectivity index (χ4v) is 3.32. The number of pyridine rings is 1. The molecular formula is C20H20FN5O2. The summed E-state index contributed by atoms with van der Waals surface area (Å²) in [5, 5.41) is 7.36. The summed E-state index contributed by atoms with van der Waals surface area (Å²) in [4.78, 5) is 25.9. The number of nitrogens with zero attached hydrogens (tertiary/aromatic N) is 4. The van der Waals surface area contributed by atoms with Crippen molar-refractivity contribution in [1.29, 1.82) is 0 Å². The largest absolute Gasteiger partial charge is 0.388 e. The van der Waals surface area contributed by atoms with Gasteiger partial charge in [-0.3, -0.25) is 9.78 Å². The number of aromatic nitrogens is 1. The Morgan fingerprint density at radius 1 is 1.32 bits per heavy atom. The average molecular weight is 381 g/mol. The van der Waals surface area contributed by atoms with Crippen molar-refractivity contribution in [1.82, 2.24) is 15.2 Å². The quantitative estimate of drug-likeness (QED) is 0.878. The van der Waals surface area contributed by atoms with Gasteiger partial charge < -0.3 is 20.0 Å². The van der Waals surface area contributed by atoms with Gasteiger partial charge in [0.1, 0.15) is 17.7 Å². The zero-order valence-corrected chi connectivity index (χ0v) is 15.5. The lowest BCUT2D eigenvalue weighted by atomic mass is 10.0. The van der Waals surface area contributed by atoms with Crippen LogP contribution in [0.15, 0.2) is 65.8 Å². The van der Waals surface area contributed by atoms with Crippen LogP contribution in [0.25, 0.3) is 0 Å². The molecule has 0 aliphatic carbocycles. The monoisotopic (exact) mass is 381 g/mol. The second-order valence-corrected chi connectivity index (χ2v) is 6.72. The van der Waals surface area contributed by atoms with Crippen molar-refractivity contribution in [2.45, 2.75) is 18.7 Å². The van der Waals surface area contributed by atoms with E-state index < -0.39 is 0 Å². The Morgan fingerprint density at radius 2 is 2.11 bits per heavy atom. The number of rotatable bonds is 4. The summed E-state index contributed by atoms with van der Waals surface area (Å²) in [5.74, 6) is -0.440. The van der Waals surface area contributed by atoms with Gasteiger partial charge in [-0.1, -0.05) is 17.3 Å². The summed E-state index contributed by atoms with van der Waals surface area (Å²) in [6.07, 6.45) is 5.05. The maximum atomic E-state index is 13.1. The molecule has 144 valence electrons. The Morgan fingerprint density at radius 3 is 2.82 bits per heavy atom. The maximum Gasteiger partial charge on any atom is 0.275 e. The number of carbonyl (C=O) groups is 1. The van der Waals surface area contributed by atoms with Gasteiger partial charge in [0.05, 0.1) is 17.6 Å². The van der Waals surface area contributed by atoms with Crippen LogP contribution in [0.4, 0.5) is 10.1 Å². The highest BCUT2D eigenvalue weighted by Crippen LogP contribution is 2.26. The van der Waals surface area contributed by atoms with E-state index >= 15 is 0 Å². The van der Waals surface area contributed by atoms with Crippen LogP contribution in [-0.4, -0.2) is 47.9 Å². The number of oxime groups is 1. The van der Waals surface area contributed by atoms with E-state index in [0.717, 1.165) is 11.3 Å². The number of likely N-dealkylation sites (N-methyl/N-ethyl adjacent to an activating group) is 2. The van der Waals surface area contributed by atoms with Gasteiger partial charge in [-0.15, -0.1) is 0 Å². The number of carbonyl (C=O) groups excluding carboxylic acids is 1. The summed E-state index contributed by atoms with van der Waals surface area (Å²) < 4.78 is 13.1. The van der Waals surface area contributed by atoms with Crippen LogP contribution in [0.5, 0.6) is 0 Å². The van der Waals surface area contributed by atoms with Crippen LogP contribution < -0.4 is 10.2 Å². The Labute approximate surface area is 162 Å². The van der Waals surface area contributed by atoms with E-state index in [1.807, 2.05) is 18.0 Å². The van der Waals surface area contributed by atoms with Gasteiger partial charge in [-0.05, 0) is 29.8 Å². The smallest absolute Gasteiger partial charge is 0.275 e. The van der Waals surface area contributed by atoms with E-state index in [1.54, 1.807) is 48.7 Å². The number of halogens is 1. The molecule has 0 saturated carbocycles. The third-order valence-corrected chi connectivity index (χ3v) is 4.97. The molecule has 2 atom stereocenters. The van der Waals surface area contributed by atoms with Crippen molar-refractivity contribution in [3.8, 4) is 0 Å². The van der Waals surface area contributed by atoms with Crippen LogP contribution in [0.2, 0.25) is 0 Å². The van der Waals surface area contributed by atoms with Gasteiger partial charge in [0.15, 0.2) is 6.10 Å². The first kappa shape index (κ1) is 18.0. The SMILES string of the molecule is CN(C(=O)C1=CNC(C2CC(c3ccc(F)cc3)=NO2)N1C)c1cccnc1. The van der Waals surface area contributed by atoms with Crippen LogP contribution in [-0.2, 0) is 9.63 Å². The zero-order valence-electron chi connectivity index (χ0n) is 15.5. The Hall–Kier alpha value is -3.42. The molecule has 0 bridgehead atoms. The Balaban J connectivity index is 1.41. The van der Waals surface area contributed by atoms with E-state index in [2.05, 4.69) is 15.5 Å². The minimum absolute atomic E-state index is 0.150. The van der Waals surface area contributed by atoms with E-state index in [4.69, 9.17) is 4.84 Å². The summed E-state index contributed by atoms with van der Waals surface area (Å²) in [6.45, 7) is 0. The summed E-state index contributed by atoms with van der Waals surface area (Å²) in [5.41, 5.74) is 2.82. The third-order valence-electron chi connectivity index (χ3n) is 4.97. The summed E-state index contributed by atoms with van der Waals surface area (Å²) in [7, 11) is 3.55. The molecule has 1 aromatic heterocycles. The van der Waals surface area contributed by atoms with E-state index in [0.29, 0.717) is 17.8 Å². The fourth-order valence-electron chi connectivity index (χ4n) is 3.32. The van der Waals surface area contributed by atoms with Gasteiger partial charge in [-0.2, -0.15) is 0 Å². The molecule has 1 N–H and O–H groups in total. The van der Waals surface area contributed by atoms with Crippen molar-refractivity contribution in [2.75, 3.05) is 19.0 Å². The molecule has 0 saturated heterocycles. The Bertz CT molecular complexity index is 929. The van der Waals surface area contributed by atoms with Gasteiger partial charge in [0.25, 0.3) is 5.91 Å². The van der Waals surface area contributed by atoms with E-state index in [9.17, 15) is 9.18 Å². The topological polar surface area (TPSA) is 70.1 Å². The third kappa shape index (κ3) is 3.28. The molecule has 2 unspecified atom stereocenters. The lowest BCUT2D eigenvalue weighted by Gasteiger charge is -2.29. The molecule has 3 heterocycles. The first-order valence-electron chi connectivity index (χ1n) is 8.90. The molecule has 7 nitrogen and oxygen atoms in total. The predicted molar refractivity (Wildman–Crippen MR) is 103 cm³/mol. The molecule has 8 heteroatoms. The van der Waals surface area contributed by atoms with Crippen molar-refractivity contribution in [3.63, 3.8) is 0 Å². The number of benzene rings is 1. The van der Waals surface area contributed by atoms with Crippen molar-refractivity contribution < 1.29 is 14.0 Å². The molecule has 0 spiro atoms. The second-order valence-electron chi connectivity index (χ2n) is 6.72. The van der Waals surface area contributed by atoms with Crippen molar-refractivity contribution >= 4 is 17.3 Å². The maximum absolute atomic E-state index is 13.1. The number of hydrogen-bond donors (Lipinski definition) is 1. The molecule has 2 aromatic rings. The molecule has 0 fully saturated rings. The molecule has 2 aliphatic rings. The van der Waals surface area contributed by atoms with Crippen molar-refractivity contribution in [2.24, 2.45) is 5.16 Å².